The number of thioether (sulfide) groups is 1. The second-order valence-electron chi connectivity index (χ2n) is 4.38. The van der Waals surface area contributed by atoms with Crippen molar-refractivity contribution in [2.24, 2.45) is 0 Å². The van der Waals surface area contributed by atoms with E-state index in [2.05, 4.69) is 18.5 Å². The standard InChI is InChI=1S/C13H20N2O2S/c1-10(7-8-18-3)14-9-12-5-4-6-13(11(12)2)15(16)17/h4-6,10,14H,7-9H2,1-3H3. The monoisotopic (exact) mass is 268 g/mol. The maximum Gasteiger partial charge on any atom is 0.272 e. The van der Waals surface area contributed by atoms with Crippen LogP contribution in [0.15, 0.2) is 18.2 Å². The molecule has 1 N–H and O–H groups in total. The van der Waals surface area contributed by atoms with Gasteiger partial charge in [0, 0.05) is 24.2 Å². The number of nitro benzene ring substituents is 1. The van der Waals surface area contributed by atoms with Crippen molar-refractivity contribution in [2.45, 2.75) is 32.9 Å². The van der Waals surface area contributed by atoms with Gasteiger partial charge in [-0.05, 0) is 37.8 Å². The van der Waals surface area contributed by atoms with Crippen molar-refractivity contribution in [3.05, 3.63) is 39.4 Å². The summed E-state index contributed by atoms with van der Waals surface area (Å²) in [5, 5.41) is 14.2. The number of benzene rings is 1. The molecule has 0 aliphatic heterocycles. The molecule has 1 rings (SSSR count). The number of nitrogens with one attached hydrogen (secondary N) is 1. The summed E-state index contributed by atoms with van der Waals surface area (Å²) < 4.78 is 0. The molecule has 5 heteroatoms. The topological polar surface area (TPSA) is 55.2 Å². The van der Waals surface area contributed by atoms with Gasteiger partial charge in [-0.25, -0.2) is 0 Å². The molecule has 4 nitrogen and oxygen atoms in total. The minimum Gasteiger partial charge on any atom is -0.310 e. The summed E-state index contributed by atoms with van der Waals surface area (Å²) in [5.41, 5.74) is 1.96. The molecule has 0 fully saturated rings. The molecule has 0 saturated heterocycles. The molecule has 0 spiro atoms. The van der Waals surface area contributed by atoms with Gasteiger partial charge in [-0.15, -0.1) is 0 Å². The van der Waals surface area contributed by atoms with E-state index in [1.54, 1.807) is 12.1 Å². The highest BCUT2D eigenvalue weighted by atomic mass is 32.2. The molecule has 1 aromatic carbocycles. The van der Waals surface area contributed by atoms with Crippen molar-refractivity contribution in [2.75, 3.05) is 12.0 Å². The number of nitro groups is 1. The van der Waals surface area contributed by atoms with E-state index in [4.69, 9.17) is 0 Å². The van der Waals surface area contributed by atoms with Crippen LogP contribution in [-0.2, 0) is 6.54 Å². The Kier molecular flexibility index (Phi) is 6.15. The Balaban J connectivity index is 2.62. The molecule has 100 valence electrons. The zero-order valence-electron chi connectivity index (χ0n) is 11.1. The third kappa shape index (κ3) is 4.31. The predicted molar refractivity (Wildman–Crippen MR) is 77.1 cm³/mol. The third-order valence-electron chi connectivity index (χ3n) is 3.01. The van der Waals surface area contributed by atoms with E-state index in [0.29, 0.717) is 12.6 Å². The van der Waals surface area contributed by atoms with Crippen LogP contribution < -0.4 is 5.32 Å². The Labute approximate surface area is 112 Å². The molecule has 0 radical (unpaired) electrons. The van der Waals surface area contributed by atoms with Gasteiger partial charge in [-0.1, -0.05) is 12.1 Å². The Morgan fingerprint density at radius 3 is 2.83 bits per heavy atom. The van der Waals surface area contributed by atoms with Crippen LogP contribution >= 0.6 is 11.8 Å². The zero-order chi connectivity index (χ0) is 13.5. The lowest BCUT2D eigenvalue weighted by atomic mass is 10.1. The van der Waals surface area contributed by atoms with E-state index in [1.807, 2.05) is 24.8 Å². The van der Waals surface area contributed by atoms with Crippen molar-refractivity contribution in [3.8, 4) is 0 Å². The Bertz CT molecular complexity index is 410. The highest BCUT2D eigenvalue weighted by Gasteiger charge is 2.13. The number of hydrogen-bond donors (Lipinski definition) is 1. The second kappa shape index (κ2) is 7.38. The van der Waals surface area contributed by atoms with Gasteiger partial charge >= 0.3 is 0 Å². The van der Waals surface area contributed by atoms with E-state index in [1.165, 1.54) is 0 Å². The molecule has 0 heterocycles. The SMILES string of the molecule is CSCCC(C)NCc1cccc([N+](=O)[O-])c1C. The minimum absolute atomic E-state index is 0.200. The average molecular weight is 268 g/mol. The highest BCUT2D eigenvalue weighted by Crippen LogP contribution is 2.21. The molecule has 0 aliphatic carbocycles. The van der Waals surface area contributed by atoms with E-state index in [9.17, 15) is 10.1 Å². The largest absolute Gasteiger partial charge is 0.310 e. The summed E-state index contributed by atoms with van der Waals surface area (Å²) in [7, 11) is 0. The number of nitrogens with zero attached hydrogens (tertiary/aromatic N) is 1. The van der Waals surface area contributed by atoms with Gasteiger partial charge in [0.05, 0.1) is 4.92 Å². The van der Waals surface area contributed by atoms with E-state index >= 15 is 0 Å². The van der Waals surface area contributed by atoms with Crippen molar-refractivity contribution in [3.63, 3.8) is 0 Å². The summed E-state index contributed by atoms with van der Waals surface area (Å²) >= 11 is 1.83. The number of hydrogen-bond acceptors (Lipinski definition) is 4. The fourth-order valence-corrected chi connectivity index (χ4v) is 2.33. The molecule has 1 unspecified atom stereocenters. The summed E-state index contributed by atoms with van der Waals surface area (Å²) in [6.07, 6.45) is 3.20. The minimum atomic E-state index is -0.323. The molecule has 0 aromatic heterocycles. The molecule has 18 heavy (non-hydrogen) atoms. The number of rotatable bonds is 7. The molecular formula is C13H20N2O2S. The molecule has 0 amide bonds. The van der Waals surface area contributed by atoms with Crippen molar-refractivity contribution in [1.82, 2.24) is 5.32 Å². The second-order valence-corrected chi connectivity index (χ2v) is 5.37. The average Bonchev–Trinajstić information content (AvgIpc) is 2.34. The van der Waals surface area contributed by atoms with Crippen LogP contribution in [-0.4, -0.2) is 23.0 Å². The lowest BCUT2D eigenvalue weighted by Gasteiger charge is -2.14. The van der Waals surface area contributed by atoms with Crippen LogP contribution in [0, 0.1) is 17.0 Å². The predicted octanol–water partition coefficient (Wildman–Crippen LogP) is 3.13. The van der Waals surface area contributed by atoms with E-state index in [0.717, 1.165) is 23.3 Å². The van der Waals surface area contributed by atoms with Gasteiger partial charge < -0.3 is 5.32 Å². The van der Waals surface area contributed by atoms with Crippen LogP contribution in [0.25, 0.3) is 0 Å². The molecule has 0 aliphatic rings. The Morgan fingerprint density at radius 2 is 2.22 bits per heavy atom. The van der Waals surface area contributed by atoms with Crippen LogP contribution in [0.3, 0.4) is 0 Å². The summed E-state index contributed by atoms with van der Waals surface area (Å²) in [6, 6.07) is 5.66. The molecule has 1 atom stereocenters. The van der Waals surface area contributed by atoms with Gasteiger partial charge in [0.15, 0.2) is 0 Å². The lowest BCUT2D eigenvalue weighted by molar-refractivity contribution is -0.385. The lowest BCUT2D eigenvalue weighted by Crippen LogP contribution is -2.26. The van der Waals surface area contributed by atoms with Crippen LogP contribution in [0.5, 0.6) is 0 Å². The summed E-state index contributed by atoms with van der Waals surface area (Å²) in [6.45, 7) is 4.63. The highest BCUT2D eigenvalue weighted by molar-refractivity contribution is 7.98. The van der Waals surface area contributed by atoms with Crippen LogP contribution in [0.1, 0.15) is 24.5 Å². The first-order valence-corrected chi connectivity index (χ1v) is 7.40. The van der Waals surface area contributed by atoms with Crippen LogP contribution in [0.2, 0.25) is 0 Å². The van der Waals surface area contributed by atoms with Crippen molar-refractivity contribution < 1.29 is 4.92 Å². The fourth-order valence-electron chi connectivity index (χ4n) is 1.74. The zero-order valence-corrected chi connectivity index (χ0v) is 11.9. The maximum absolute atomic E-state index is 10.8. The fraction of sp³-hybridized carbons (Fsp3) is 0.538. The maximum atomic E-state index is 10.8. The van der Waals surface area contributed by atoms with E-state index < -0.39 is 0 Å². The quantitative estimate of drug-likeness (QED) is 0.609. The molecular weight excluding hydrogens is 248 g/mol. The van der Waals surface area contributed by atoms with Gasteiger partial charge in [0.1, 0.15) is 0 Å². The van der Waals surface area contributed by atoms with Gasteiger partial charge in [0.2, 0.25) is 0 Å². The van der Waals surface area contributed by atoms with Gasteiger partial charge in [-0.2, -0.15) is 11.8 Å². The molecule has 0 saturated carbocycles. The first kappa shape index (κ1) is 15.0. The summed E-state index contributed by atoms with van der Waals surface area (Å²) in [4.78, 5) is 10.5. The Hall–Kier alpha value is -1.07. The van der Waals surface area contributed by atoms with Gasteiger partial charge in [-0.3, -0.25) is 10.1 Å². The van der Waals surface area contributed by atoms with Crippen LogP contribution in [0.4, 0.5) is 5.69 Å². The van der Waals surface area contributed by atoms with Crippen molar-refractivity contribution in [1.29, 1.82) is 0 Å². The molecule has 0 bridgehead atoms. The first-order chi connectivity index (χ1) is 8.56. The van der Waals surface area contributed by atoms with Crippen molar-refractivity contribution >= 4 is 17.4 Å². The first-order valence-electron chi connectivity index (χ1n) is 6.01. The smallest absolute Gasteiger partial charge is 0.272 e. The molecule has 1 aromatic rings. The van der Waals surface area contributed by atoms with Gasteiger partial charge in [0.25, 0.3) is 5.69 Å². The third-order valence-corrected chi connectivity index (χ3v) is 3.65. The summed E-state index contributed by atoms with van der Waals surface area (Å²) in [5.74, 6) is 1.13. The van der Waals surface area contributed by atoms with E-state index in [-0.39, 0.29) is 10.6 Å². The Morgan fingerprint density at radius 1 is 1.50 bits per heavy atom. The normalized spacial score (nSPS) is 12.4.